The van der Waals surface area contributed by atoms with Crippen LogP contribution in [0.5, 0.6) is 0 Å². The third-order valence-corrected chi connectivity index (χ3v) is 1.37. The van der Waals surface area contributed by atoms with Crippen LogP contribution in [-0.2, 0) is 23.6 Å². The van der Waals surface area contributed by atoms with Crippen LogP contribution >= 0.6 is 0 Å². The van der Waals surface area contributed by atoms with Gasteiger partial charge in [-0.3, -0.25) is 4.98 Å². The van der Waals surface area contributed by atoms with Crippen molar-refractivity contribution in [3.05, 3.63) is 18.7 Å². The van der Waals surface area contributed by atoms with Gasteiger partial charge in [0.1, 0.15) is 12.4 Å². The standard InChI is InChI=1S/C7H12N2.Cu/c1-2-3-5-9-6-4-8-7-9;/h4,6-7H,2-3,5H2,1H3;/q;+2/p+1. The maximum absolute atomic E-state index is 3.00. The summed E-state index contributed by atoms with van der Waals surface area (Å²) in [6, 6.07) is 0. The first-order chi connectivity index (χ1) is 4.43. The minimum atomic E-state index is 0. The number of unbranched alkanes of at least 4 members (excludes halogenated alkanes) is 1. The molecular weight excluding hydrogens is 176 g/mol. The SMILES string of the molecule is CCCC[n+]1cc[nH]c1.[Cu+2]. The predicted octanol–water partition coefficient (Wildman–Crippen LogP) is 1.10. The first-order valence-corrected chi connectivity index (χ1v) is 3.45. The van der Waals surface area contributed by atoms with Crippen LogP contribution in [0.4, 0.5) is 0 Å². The molecule has 0 atom stereocenters. The van der Waals surface area contributed by atoms with Crippen LogP contribution in [0.2, 0.25) is 0 Å². The quantitative estimate of drug-likeness (QED) is 0.542. The van der Waals surface area contributed by atoms with Crippen molar-refractivity contribution in [3.63, 3.8) is 0 Å². The van der Waals surface area contributed by atoms with Gasteiger partial charge < -0.3 is 0 Å². The Hall–Kier alpha value is -0.271. The number of nitrogens with zero attached hydrogens (tertiary/aromatic N) is 1. The molecule has 1 aromatic rings. The number of aryl methyl sites for hydroxylation is 1. The first-order valence-electron chi connectivity index (χ1n) is 3.45. The van der Waals surface area contributed by atoms with Gasteiger partial charge in [0.05, 0.1) is 6.54 Å². The van der Waals surface area contributed by atoms with Crippen molar-refractivity contribution in [2.24, 2.45) is 0 Å². The van der Waals surface area contributed by atoms with Gasteiger partial charge in [-0.05, 0) is 6.42 Å². The second kappa shape index (κ2) is 5.51. The van der Waals surface area contributed by atoms with Crippen LogP contribution in [0, 0.1) is 0 Å². The van der Waals surface area contributed by atoms with Gasteiger partial charge in [0.25, 0.3) is 0 Å². The molecule has 0 spiro atoms. The Labute approximate surface area is 72.1 Å². The fraction of sp³-hybridized carbons (Fsp3) is 0.571. The molecule has 1 N–H and O–H groups in total. The number of nitrogens with one attached hydrogen (secondary N) is 1. The molecule has 0 bridgehead atoms. The van der Waals surface area contributed by atoms with Gasteiger partial charge in [-0.2, -0.15) is 0 Å². The summed E-state index contributed by atoms with van der Waals surface area (Å²) in [5, 5.41) is 0. The number of imidazole rings is 1. The Bertz CT molecular complexity index is 149. The molecule has 0 saturated heterocycles. The van der Waals surface area contributed by atoms with Gasteiger partial charge in [-0.15, -0.1) is 0 Å². The van der Waals surface area contributed by atoms with Gasteiger partial charge in [0.2, 0.25) is 6.33 Å². The smallest absolute Gasteiger partial charge is 0.250 e. The fourth-order valence-electron chi connectivity index (χ4n) is 0.800. The third-order valence-electron chi connectivity index (χ3n) is 1.37. The molecule has 59 valence electrons. The zero-order valence-corrected chi connectivity index (χ0v) is 7.04. The van der Waals surface area contributed by atoms with Crippen LogP contribution in [0.25, 0.3) is 0 Å². The van der Waals surface area contributed by atoms with E-state index >= 15 is 0 Å². The number of aromatic nitrogens is 2. The molecule has 0 unspecified atom stereocenters. The molecular formula is C7H13CuN2+3. The molecule has 10 heavy (non-hydrogen) atoms. The van der Waals surface area contributed by atoms with Crippen molar-refractivity contribution in [2.45, 2.75) is 26.3 Å². The van der Waals surface area contributed by atoms with E-state index in [1.165, 1.54) is 12.8 Å². The fourth-order valence-corrected chi connectivity index (χ4v) is 0.800. The van der Waals surface area contributed by atoms with E-state index in [2.05, 4.69) is 22.7 Å². The number of aromatic amines is 1. The van der Waals surface area contributed by atoms with Crippen molar-refractivity contribution >= 4 is 0 Å². The molecule has 0 amide bonds. The normalized spacial score (nSPS) is 8.90. The Morgan fingerprint density at radius 1 is 1.50 bits per heavy atom. The summed E-state index contributed by atoms with van der Waals surface area (Å²) in [4.78, 5) is 3.00. The summed E-state index contributed by atoms with van der Waals surface area (Å²) in [5.74, 6) is 0. The second-order valence-electron chi connectivity index (χ2n) is 2.20. The third kappa shape index (κ3) is 3.04. The zero-order valence-electron chi connectivity index (χ0n) is 6.10. The van der Waals surface area contributed by atoms with E-state index in [0.29, 0.717) is 0 Å². The molecule has 1 aromatic heterocycles. The minimum Gasteiger partial charge on any atom is -0.250 e. The number of hydrogen-bond acceptors (Lipinski definition) is 0. The van der Waals surface area contributed by atoms with Crippen LogP contribution in [-0.4, -0.2) is 4.98 Å². The van der Waals surface area contributed by atoms with Crippen molar-refractivity contribution in [1.82, 2.24) is 4.98 Å². The summed E-state index contributed by atoms with van der Waals surface area (Å²) >= 11 is 0. The number of rotatable bonds is 3. The summed E-state index contributed by atoms with van der Waals surface area (Å²) in [7, 11) is 0. The summed E-state index contributed by atoms with van der Waals surface area (Å²) < 4.78 is 2.16. The first kappa shape index (κ1) is 9.73. The molecule has 2 nitrogen and oxygen atoms in total. The Morgan fingerprint density at radius 2 is 2.30 bits per heavy atom. The van der Waals surface area contributed by atoms with E-state index in [1.54, 1.807) is 0 Å². The monoisotopic (exact) mass is 188 g/mol. The van der Waals surface area contributed by atoms with Crippen LogP contribution in [0.15, 0.2) is 18.7 Å². The molecule has 0 aliphatic heterocycles. The van der Waals surface area contributed by atoms with E-state index < -0.39 is 0 Å². The molecule has 1 radical (unpaired) electrons. The van der Waals surface area contributed by atoms with Crippen LogP contribution < -0.4 is 4.57 Å². The summed E-state index contributed by atoms with van der Waals surface area (Å²) in [6.45, 7) is 3.34. The average molecular weight is 189 g/mol. The summed E-state index contributed by atoms with van der Waals surface area (Å²) in [5.41, 5.74) is 0. The molecule has 0 aliphatic rings. The van der Waals surface area contributed by atoms with E-state index in [-0.39, 0.29) is 17.1 Å². The molecule has 0 aromatic carbocycles. The van der Waals surface area contributed by atoms with Crippen LogP contribution in [0.3, 0.4) is 0 Å². The van der Waals surface area contributed by atoms with Gasteiger partial charge in [-0.25, -0.2) is 4.57 Å². The summed E-state index contributed by atoms with van der Waals surface area (Å²) in [6.07, 6.45) is 8.50. The van der Waals surface area contributed by atoms with Gasteiger partial charge >= 0.3 is 17.1 Å². The predicted molar refractivity (Wildman–Crippen MR) is 35.9 cm³/mol. The Morgan fingerprint density at radius 3 is 2.80 bits per heavy atom. The maximum Gasteiger partial charge on any atom is 2.00 e. The van der Waals surface area contributed by atoms with Crippen molar-refractivity contribution < 1.29 is 21.6 Å². The minimum absolute atomic E-state index is 0. The molecule has 1 heterocycles. The van der Waals surface area contributed by atoms with E-state index in [4.69, 9.17) is 0 Å². The van der Waals surface area contributed by atoms with E-state index in [9.17, 15) is 0 Å². The van der Waals surface area contributed by atoms with Crippen molar-refractivity contribution in [3.8, 4) is 0 Å². The maximum atomic E-state index is 3.00. The van der Waals surface area contributed by atoms with E-state index in [1.807, 2.05) is 12.5 Å². The second-order valence-corrected chi connectivity index (χ2v) is 2.20. The number of H-pyrrole nitrogens is 1. The number of hydrogen-bond donors (Lipinski definition) is 1. The van der Waals surface area contributed by atoms with Gasteiger partial charge in [0.15, 0.2) is 0 Å². The average Bonchev–Trinajstić information content (AvgIpc) is 2.34. The molecule has 0 fully saturated rings. The van der Waals surface area contributed by atoms with Crippen molar-refractivity contribution in [1.29, 1.82) is 0 Å². The van der Waals surface area contributed by atoms with Crippen LogP contribution in [0.1, 0.15) is 19.8 Å². The molecule has 1 rings (SSSR count). The molecule has 3 heteroatoms. The molecule has 0 aliphatic carbocycles. The Balaban J connectivity index is 0.000000810. The molecule has 0 saturated carbocycles. The van der Waals surface area contributed by atoms with Gasteiger partial charge in [0, 0.05) is 0 Å². The van der Waals surface area contributed by atoms with E-state index in [0.717, 1.165) is 6.54 Å². The Kier molecular flexibility index (Phi) is 5.36. The zero-order chi connectivity index (χ0) is 6.53. The largest absolute Gasteiger partial charge is 2.00 e. The van der Waals surface area contributed by atoms with Crippen molar-refractivity contribution in [2.75, 3.05) is 0 Å². The topological polar surface area (TPSA) is 19.7 Å². The van der Waals surface area contributed by atoms with Gasteiger partial charge in [-0.1, -0.05) is 13.3 Å².